The van der Waals surface area contributed by atoms with Crippen molar-refractivity contribution in [2.24, 2.45) is 0 Å². The topological polar surface area (TPSA) is 123 Å². The third-order valence-electron chi connectivity index (χ3n) is 11.6. The molecule has 8 aromatic rings. The van der Waals surface area contributed by atoms with Crippen LogP contribution in [0.15, 0.2) is 73.8 Å². The molecular weight excluding hydrogens is 859 g/mol. The van der Waals surface area contributed by atoms with Crippen molar-refractivity contribution < 1.29 is 26.3 Å². The lowest BCUT2D eigenvalue weighted by atomic mass is 9.91. The van der Waals surface area contributed by atoms with Crippen molar-refractivity contribution >= 4 is 24.3 Å². The molecule has 0 saturated carbocycles. The third-order valence-corrected chi connectivity index (χ3v) is 11.6. The first kappa shape index (κ1) is 43.7. The molecule has 10 rings (SSSR count). The fourth-order valence-corrected chi connectivity index (χ4v) is 8.35. The number of hydrogen-bond donors (Lipinski definition) is 0. The lowest BCUT2D eigenvalue weighted by molar-refractivity contribution is 0.427. The van der Waals surface area contributed by atoms with Gasteiger partial charge in [-0.25, -0.2) is 55.6 Å². The number of benzene rings is 2. The molecule has 0 amide bonds. The number of aryl methyl sites for hydroxylation is 6. The van der Waals surface area contributed by atoms with E-state index < -0.39 is 34.9 Å². The van der Waals surface area contributed by atoms with Crippen molar-refractivity contribution in [1.82, 2.24) is 58.6 Å². The van der Waals surface area contributed by atoms with E-state index in [1.807, 2.05) is 73.5 Å². The van der Waals surface area contributed by atoms with Crippen LogP contribution in [0.2, 0.25) is 0 Å². The van der Waals surface area contributed by atoms with Gasteiger partial charge < -0.3 is 9.13 Å². The Bertz CT molecular complexity index is 2900. The monoisotopic (exact) mass is 900 g/mol. The average Bonchev–Trinajstić information content (AvgIpc) is 4.12. The number of pyridine rings is 2. The second kappa shape index (κ2) is 18.2. The largest absolute Gasteiger partial charge is 0.304 e. The molecule has 0 aliphatic carbocycles. The molecule has 0 N–H and O–H groups in total. The number of rotatable bonds is 8. The first-order chi connectivity index (χ1) is 31.8. The molecule has 0 radical (unpaired) electrons. The van der Waals surface area contributed by atoms with Gasteiger partial charge >= 0.3 is 0 Å². The lowest BCUT2D eigenvalue weighted by Crippen LogP contribution is -2.18. The molecule has 0 fully saturated rings. The van der Waals surface area contributed by atoms with Gasteiger partial charge in [-0.15, -0.1) is 0 Å². The smallest absolute Gasteiger partial charge is 0.194 e. The number of halogens is 6. The highest BCUT2D eigenvalue weighted by molar-refractivity contribution is 5.66. The van der Waals surface area contributed by atoms with Crippen LogP contribution in [0.3, 0.4) is 0 Å². The summed E-state index contributed by atoms with van der Waals surface area (Å²) in [5, 5.41) is 9.02. The van der Waals surface area contributed by atoms with Crippen molar-refractivity contribution in [1.29, 1.82) is 0 Å². The Labute approximate surface area is 375 Å². The van der Waals surface area contributed by atoms with Gasteiger partial charge in [0, 0.05) is 37.3 Å². The molecule has 0 unspecified atom stereocenters. The van der Waals surface area contributed by atoms with Gasteiger partial charge in [0.15, 0.2) is 46.6 Å². The van der Waals surface area contributed by atoms with Crippen molar-refractivity contribution in [2.75, 3.05) is 0 Å². The van der Waals surface area contributed by atoms with Crippen molar-refractivity contribution in [3.63, 3.8) is 0 Å². The Hall–Kier alpha value is -7.50. The Morgan fingerprint density at radius 1 is 0.515 bits per heavy atom. The molecule has 6 aromatic heterocycles. The molecular formula is C48H42F6N12. The van der Waals surface area contributed by atoms with E-state index in [1.165, 1.54) is 0 Å². The quantitative estimate of drug-likeness (QED) is 0.109. The van der Waals surface area contributed by atoms with Crippen LogP contribution in [-0.2, 0) is 13.1 Å². The third kappa shape index (κ3) is 9.07. The van der Waals surface area contributed by atoms with Gasteiger partial charge in [0.2, 0.25) is 0 Å². The van der Waals surface area contributed by atoms with Crippen molar-refractivity contribution in [3.05, 3.63) is 177 Å². The highest BCUT2D eigenvalue weighted by Gasteiger charge is 2.29. The molecule has 0 spiro atoms. The van der Waals surface area contributed by atoms with E-state index in [1.54, 1.807) is 46.6 Å². The number of nitrogens with zero attached hydrogens (tertiary/aromatic N) is 12. The fourth-order valence-electron chi connectivity index (χ4n) is 8.35. The van der Waals surface area contributed by atoms with Crippen LogP contribution in [0.1, 0.15) is 106 Å². The molecule has 8 heterocycles. The maximum absolute atomic E-state index is 13.8. The summed E-state index contributed by atoms with van der Waals surface area (Å²) in [7, 11) is 0. The van der Waals surface area contributed by atoms with Gasteiger partial charge in [0.1, 0.15) is 11.6 Å². The normalized spacial score (nSPS) is 15.8. The molecule has 2 aliphatic heterocycles. The van der Waals surface area contributed by atoms with Crippen LogP contribution in [-0.4, -0.2) is 58.6 Å². The number of hydrogen-bond acceptors (Lipinski definition) is 8. The SMILES string of the molecule is Cc1cn(-c2cnc(/C=C/c3nc4n(n3)CCC[C@@H]4c3cc(F)c(F)c(F)c3)cc2C)cn1.Cc1cn(-c2cnc(/C=C/c3nc4n(n3)CCC[C@H]4c3cc(F)c(F)c(F)c3)cc2C)cn1. The van der Waals surface area contributed by atoms with Gasteiger partial charge in [0.05, 0.1) is 59.2 Å². The van der Waals surface area contributed by atoms with E-state index in [4.69, 9.17) is 0 Å². The zero-order valence-corrected chi connectivity index (χ0v) is 36.3. The van der Waals surface area contributed by atoms with Crippen LogP contribution in [0.5, 0.6) is 0 Å². The molecule has 0 saturated heterocycles. The van der Waals surface area contributed by atoms with Crippen LogP contribution in [0.25, 0.3) is 35.7 Å². The fraction of sp³-hybridized carbons (Fsp3) is 0.250. The van der Waals surface area contributed by atoms with Crippen molar-refractivity contribution in [3.8, 4) is 11.4 Å². The Kier molecular flexibility index (Phi) is 12.0. The summed E-state index contributed by atoms with van der Waals surface area (Å²) in [5.41, 5.74) is 8.06. The molecule has 2 aliphatic rings. The summed E-state index contributed by atoms with van der Waals surface area (Å²) >= 11 is 0. The van der Waals surface area contributed by atoms with E-state index in [0.29, 0.717) is 60.4 Å². The first-order valence-electron chi connectivity index (χ1n) is 21.3. The minimum Gasteiger partial charge on any atom is -0.304 e. The molecule has 336 valence electrons. The van der Waals surface area contributed by atoms with Gasteiger partial charge in [-0.1, -0.05) is 0 Å². The van der Waals surface area contributed by atoms with Crippen LogP contribution in [0.4, 0.5) is 26.3 Å². The van der Waals surface area contributed by atoms with Gasteiger partial charge in [0.25, 0.3) is 0 Å². The molecule has 2 atom stereocenters. The van der Waals surface area contributed by atoms with Crippen molar-refractivity contribution in [2.45, 2.75) is 78.3 Å². The van der Waals surface area contributed by atoms with Crippen LogP contribution in [0, 0.1) is 62.6 Å². The summed E-state index contributed by atoms with van der Waals surface area (Å²) in [6.07, 6.45) is 21.0. The van der Waals surface area contributed by atoms with E-state index in [2.05, 4.69) is 40.1 Å². The predicted molar refractivity (Wildman–Crippen MR) is 234 cm³/mol. The maximum atomic E-state index is 13.8. The van der Waals surface area contributed by atoms with Gasteiger partial charge in [-0.3, -0.25) is 9.97 Å². The van der Waals surface area contributed by atoms with Crippen LogP contribution >= 0.6 is 0 Å². The molecule has 2 aromatic carbocycles. The zero-order chi connectivity index (χ0) is 46.2. The first-order valence-corrected chi connectivity index (χ1v) is 21.3. The highest BCUT2D eigenvalue weighted by Crippen LogP contribution is 2.35. The van der Waals surface area contributed by atoms with E-state index in [9.17, 15) is 26.3 Å². The summed E-state index contributed by atoms with van der Waals surface area (Å²) in [4.78, 5) is 26.7. The summed E-state index contributed by atoms with van der Waals surface area (Å²) in [6, 6.07) is 8.09. The maximum Gasteiger partial charge on any atom is 0.194 e. The summed E-state index contributed by atoms with van der Waals surface area (Å²) in [6.45, 7) is 9.19. The highest BCUT2D eigenvalue weighted by atomic mass is 19.2. The molecule has 66 heavy (non-hydrogen) atoms. The number of fused-ring (bicyclic) bond motifs is 2. The van der Waals surface area contributed by atoms with E-state index in [-0.39, 0.29) is 11.8 Å². The molecule has 0 bridgehead atoms. The van der Waals surface area contributed by atoms with Gasteiger partial charge in [-0.05, 0) is 136 Å². The predicted octanol–water partition coefficient (Wildman–Crippen LogP) is 9.98. The molecule has 12 nitrogen and oxygen atoms in total. The average molecular weight is 901 g/mol. The Morgan fingerprint density at radius 3 is 1.26 bits per heavy atom. The second-order valence-corrected chi connectivity index (χ2v) is 16.4. The minimum atomic E-state index is -1.46. The summed E-state index contributed by atoms with van der Waals surface area (Å²) < 4.78 is 89.2. The lowest BCUT2D eigenvalue weighted by Gasteiger charge is -2.22. The van der Waals surface area contributed by atoms with E-state index in [0.717, 1.165) is 82.4 Å². The number of aromatic nitrogens is 12. The standard InChI is InChI=1S/2C24H21F3N6/c2*1-14-8-17(28-11-21(14)32-12-15(2)29-13-32)5-6-22-30-24-18(4-3-7-33(24)31-22)16-9-19(25)23(27)20(26)10-16/h2*5-6,8-13,18H,3-4,7H2,1-2H3/b2*6-5+/t2*18-/m10/s1. The minimum absolute atomic E-state index is 0.351. The number of imidazole rings is 2. The van der Waals surface area contributed by atoms with E-state index >= 15 is 0 Å². The zero-order valence-electron chi connectivity index (χ0n) is 36.3. The summed E-state index contributed by atoms with van der Waals surface area (Å²) in [5.74, 6) is -6.23. The van der Waals surface area contributed by atoms with Crippen LogP contribution < -0.4 is 0 Å². The Morgan fingerprint density at radius 2 is 0.909 bits per heavy atom. The molecule has 18 heteroatoms. The van der Waals surface area contributed by atoms with Gasteiger partial charge in [-0.2, -0.15) is 10.2 Å². The second-order valence-electron chi connectivity index (χ2n) is 16.4. The Balaban J connectivity index is 0.000000166.